The number of nitrogens with one attached hydrogen (secondary N) is 2. The van der Waals surface area contributed by atoms with E-state index >= 15 is 0 Å². The molecule has 3 fully saturated rings. The Balaban J connectivity index is 0.846. The Morgan fingerprint density at radius 3 is 2.13 bits per heavy atom. The summed E-state index contributed by atoms with van der Waals surface area (Å²) in [5.74, 6) is -1.12. The summed E-state index contributed by atoms with van der Waals surface area (Å²) in [6, 6.07) is 7.74. The molecule has 1 aromatic heterocycles. The van der Waals surface area contributed by atoms with E-state index in [0.717, 1.165) is 42.0 Å². The van der Waals surface area contributed by atoms with Gasteiger partial charge in [-0.25, -0.2) is 14.8 Å². The van der Waals surface area contributed by atoms with Gasteiger partial charge < -0.3 is 15.0 Å². The molecule has 14 nitrogen and oxygen atoms in total. The summed E-state index contributed by atoms with van der Waals surface area (Å²) in [5.41, 5.74) is 2.55. The van der Waals surface area contributed by atoms with Crippen molar-refractivity contribution in [2.75, 3.05) is 18.0 Å². The fraction of sp³-hybridized carbons (Fsp3) is 0.450. The van der Waals surface area contributed by atoms with E-state index in [9.17, 15) is 24.0 Å². The lowest BCUT2D eigenvalue weighted by Gasteiger charge is -2.63. The molecule has 0 spiro atoms. The number of imide groups is 2. The summed E-state index contributed by atoms with van der Waals surface area (Å²) in [7, 11) is 0. The van der Waals surface area contributed by atoms with Crippen LogP contribution < -0.4 is 20.3 Å². The molecule has 3 aromatic rings. The first-order valence-corrected chi connectivity index (χ1v) is 18.9. The average Bonchev–Trinajstić information content (AvgIpc) is 3.69. The zero-order valence-electron chi connectivity index (χ0n) is 31.0. The number of fused-ring (bicyclic) bond motifs is 2. The Morgan fingerprint density at radius 1 is 0.945 bits per heavy atom. The molecule has 8 rings (SSSR count). The summed E-state index contributed by atoms with van der Waals surface area (Å²) in [5, 5.41) is 5.76. The molecule has 5 aliphatic rings. The number of nitrogens with zero attached hydrogens (tertiary/aromatic N) is 6. The highest BCUT2D eigenvalue weighted by Gasteiger charge is 2.64. The molecule has 5 amide bonds. The van der Waals surface area contributed by atoms with E-state index in [-0.39, 0.29) is 36.9 Å². The monoisotopic (exact) mass is 764 g/mol. The first kappa shape index (κ1) is 36.6. The van der Waals surface area contributed by atoms with Gasteiger partial charge in [0, 0.05) is 67.9 Å². The maximum absolute atomic E-state index is 13.4. The molecule has 2 saturated heterocycles. The van der Waals surface area contributed by atoms with E-state index in [0.29, 0.717) is 52.2 Å². The maximum Gasteiger partial charge on any atom is 0.262 e. The van der Waals surface area contributed by atoms with Gasteiger partial charge in [-0.3, -0.25) is 39.1 Å². The fourth-order valence-corrected chi connectivity index (χ4v) is 9.70. The van der Waals surface area contributed by atoms with Crippen LogP contribution in [0.3, 0.4) is 0 Å². The van der Waals surface area contributed by atoms with Crippen molar-refractivity contribution in [3.63, 3.8) is 0 Å². The number of hydrogen-bond donors (Lipinski definition) is 2. The first-order chi connectivity index (χ1) is 26.2. The largest absolute Gasteiger partial charge is 0.489 e. The molecule has 5 heterocycles. The van der Waals surface area contributed by atoms with E-state index in [1.165, 1.54) is 0 Å². The zero-order valence-corrected chi connectivity index (χ0v) is 31.8. The van der Waals surface area contributed by atoms with Crippen LogP contribution in [-0.4, -0.2) is 86.6 Å². The van der Waals surface area contributed by atoms with Crippen molar-refractivity contribution < 1.29 is 28.7 Å². The van der Waals surface area contributed by atoms with E-state index in [1.807, 2.05) is 0 Å². The fourth-order valence-electron chi connectivity index (χ4n) is 9.49. The number of hydrogen-bond acceptors (Lipinski definition) is 10. The van der Waals surface area contributed by atoms with Gasteiger partial charge in [-0.1, -0.05) is 45.4 Å². The highest BCUT2D eigenvalue weighted by atomic mass is 35.5. The van der Waals surface area contributed by atoms with Crippen molar-refractivity contribution in [1.29, 1.82) is 0 Å². The smallest absolute Gasteiger partial charge is 0.262 e. The van der Waals surface area contributed by atoms with Crippen molar-refractivity contribution in [2.24, 2.45) is 10.8 Å². The minimum atomic E-state index is -0.982. The van der Waals surface area contributed by atoms with E-state index in [4.69, 9.17) is 22.9 Å². The average molecular weight is 765 g/mol. The van der Waals surface area contributed by atoms with E-state index < -0.39 is 40.5 Å². The Bertz CT molecular complexity index is 2130. The molecule has 284 valence electrons. The van der Waals surface area contributed by atoms with Crippen molar-refractivity contribution in [1.82, 2.24) is 30.4 Å². The lowest BCUT2D eigenvalue weighted by atomic mass is 9.49. The van der Waals surface area contributed by atoms with Crippen LogP contribution in [0.15, 0.2) is 42.7 Å². The van der Waals surface area contributed by atoms with E-state index in [2.05, 4.69) is 62.9 Å². The molecule has 15 heteroatoms. The number of piperidine rings is 2. The second kappa shape index (κ2) is 13.4. The molecular weight excluding hydrogens is 724 g/mol. The van der Waals surface area contributed by atoms with Crippen molar-refractivity contribution >= 4 is 52.8 Å². The highest BCUT2D eigenvalue weighted by Crippen LogP contribution is 2.55. The Labute approximate surface area is 323 Å². The number of anilines is 1. The van der Waals surface area contributed by atoms with Crippen molar-refractivity contribution in [3.8, 4) is 5.75 Å². The molecule has 1 saturated carbocycles. The van der Waals surface area contributed by atoms with Crippen LogP contribution in [0.5, 0.6) is 5.75 Å². The summed E-state index contributed by atoms with van der Waals surface area (Å²) in [6.45, 7) is 18.2. The molecule has 1 unspecified atom stereocenters. The summed E-state index contributed by atoms with van der Waals surface area (Å²) in [6.07, 6.45) is 4.86. The molecule has 0 radical (unpaired) electrons. The first-order valence-electron chi connectivity index (χ1n) is 18.5. The number of amides is 5. The number of carbonyl (C=O) groups is 5. The molecule has 2 aromatic carbocycles. The number of ether oxygens (including phenoxy) is 1. The predicted octanol–water partition coefficient (Wildman–Crippen LogP) is 4.68. The summed E-state index contributed by atoms with van der Waals surface area (Å²) < 4.78 is 6.35. The van der Waals surface area contributed by atoms with Gasteiger partial charge in [-0.15, -0.1) is 0 Å². The van der Waals surface area contributed by atoms with Crippen LogP contribution in [0.4, 0.5) is 11.6 Å². The zero-order chi connectivity index (χ0) is 39.0. The normalized spacial score (nSPS) is 24.5. The van der Waals surface area contributed by atoms with Gasteiger partial charge in [0.05, 0.1) is 28.3 Å². The van der Waals surface area contributed by atoms with Gasteiger partial charge in [0.2, 0.25) is 23.5 Å². The Morgan fingerprint density at radius 2 is 1.56 bits per heavy atom. The van der Waals surface area contributed by atoms with Crippen LogP contribution in [0, 0.1) is 17.4 Å². The van der Waals surface area contributed by atoms with Crippen LogP contribution in [-0.2, 0) is 22.7 Å². The van der Waals surface area contributed by atoms with Crippen LogP contribution >= 0.6 is 11.6 Å². The number of rotatable bonds is 7. The quantitative estimate of drug-likeness (QED) is 0.256. The molecule has 4 aliphatic heterocycles. The van der Waals surface area contributed by atoms with Gasteiger partial charge in [-0.05, 0) is 54.7 Å². The molecule has 1 aliphatic carbocycles. The minimum Gasteiger partial charge on any atom is -0.489 e. The topological polar surface area (TPSA) is 158 Å². The van der Waals surface area contributed by atoms with Crippen LogP contribution in [0.1, 0.15) is 95.6 Å². The van der Waals surface area contributed by atoms with Gasteiger partial charge in [0.1, 0.15) is 17.9 Å². The number of carbonyl (C=O) groups excluding carboxylic acids is 5. The number of halogens is 1. The molecule has 55 heavy (non-hydrogen) atoms. The standard InChI is InChI=1S/C40H41ClN8O6/c1-39(2)36(40(3,4)37(39)55-25-6-7-29(42-5)28(41)16-25)46-32(51)23-17-43-38(44-18-23)47-12-10-24(11-13-47)48-19-21-14-26-27(15-22(21)20-48)35(54)49(34(26)53)30-8-9-31(50)45-33(30)52/h6-7,14-18,24,30,36-37H,8-13,19-20H2,1-4H3,(H,46,51)(H,45,50,52). The second-order valence-electron chi connectivity index (χ2n) is 16.3. The Kier molecular flexibility index (Phi) is 8.93. The van der Waals surface area contributed by atoms with Gasteiger partial charge in [0.25, 0.3) is 17.7 Å². The second-order valence-corrected chi connectivity index (χ2v) is 16.7. The lowest BCUT2D eigenvalue weighted by Crippen LogP contribution is -2.74. The Hall–Kier alpha value is -5.39. The summed E-state index contributed by atoms with van der Waals surface area (Å²) >= 11 is 6.24. The molecule has 1 atom stereocenters. The third kappa shape index (κ3) is 6.19. The van der Waals surface area contributed by atoms with Gasteiger partial charge in [-0.2, -0.15) is 0 Å². The van der Waals surface area contributed by atoms with Crippen LogP contribution in [0.25, 0.3) is 4.85 Å². The number of benzene rings is 2. The lowest BCUT2D eigenvalue weighted by molar-refractivity contribution is -0.164. The number of aromatic nitrogens is 2. The third-order valence-corrected chi connectivity index (χ3v) is 12.4. The van der Waals surface area contributed by atoms with Crippen molar-refractivity contribution in [3.05, 3.63) is 87.0 Å². The predicted molar refractivity (Wildman–Crippen MR) is 201 cm³/mol. The summed E-state index contributed by atoms with van der Waals surface area (Å²) in [4.78, 5) is 82.2. The molecule has 2 N–H and O–H groups in total. The third-order valence-electron chi connectivity index (χ3n) is 12.1. The van der Waals surface area contributed by atoms with E-state index in [1.54, 1.807) is 42.7 Å². The van der Waals surface area contributed by atoms with Gasteiger partial charge in [0.15, 0.2) is 0 Å². The van der Waals surface area contributed by atoms with Crippen molar-refractivity contribution in [2.45, 2.75) is 90.7 Å². The van der Waals surface area contributed by atoms with Gasteiger partial charge >= 0.3 is 0 Å². The SMILES string of the molecule is [C-]#[N+]c1ccc(OC2C(C)(C)C(NC(=O)c3cnc(N4CCC(N5Cc6cc7c(cc6C5)C(=O)N(C5CCC(=O)NC5=O)C7=O)CC4)nc3)C2(C)C)cc1Cl. The molecule has 0 bridgehead atoms. The maximum atomic E-state index is 13.4. The minimum absolute atomic E-state index is 0.0825. The highest BCUT2D eigenvalue weighted by molar-refractivity contribution is 6.33. The molecular formula is C40H41ClN8O6. The van der Waals surface area contributed by atoms with Crippen LogP contribution in [0.2, 0.25) is 5.02 Å².